The number of amides is 1. The van der Waals surface area contributed by atoms with Crippen molar-refractivity contribution in [2.45, 2.75) is 48.8 Å². The lowest BCUT2D eigenvalue weighted by atomic mass is 10.2. The van der Waals surface area contributed by atoms with E-state index in [0.717, 1.165) is 23.5 Å². The van der Waals surface area contributed by atoms with Crippen LogP contribution in [0.3, 0.4) is 0 Å². The highest BCUT2D eigenvalue weighted by Crippen LogP contribution is 2.33. The molecule has 0 spiro atoms. The molecule has 0 bridgehead atoms. The van der Waals surface area contributed by atoms with Gasteiger partial charge < -0.3 is 15.8 Å². The van der Waals surface area contributed by atoms with E-state index in [1.165, 1.54) is 24.6 Å². The van der Waals surface area contributed by atoms with Gasteiger partial charge in [0.15, 0.2) is 0 Å². The Morgan fingerprint density at radius 1 is 1.45 bits per heavy atom. The van der Waals surface area contributed by atoms with Crippen LogP contribution in [0.2, 0.25) is 0 Å². The Labute approximate surface area is 124 Å². The molecule has 0 aromatic heterocycles. The Morgan fingerprint density at radius 3 is 2.80 bits per heavy atom. The molecule has 5 heteroatoms. The number of carbonyl (C=O) groups excluding carboxylic acids is 1. The third-order valence-corrected chi connectivity index (χ3v) is 4.72. The van der Waals surface area contributed by atoms with Gasteiger partial charge in [-0.1, -0.05) is 12.8 Å². The van der Waals surface area contributed by atoms with Crippen LogP contribution in [0.15, 0.2) is 23.1 Å². The van der Waals surface area contributed by atoms with Crippen LogP contribution in [0.4, 0.5) is 5.69 Å². The van der Waals surface area contributed by atoms with Gasteiger partial charge in [0.25, 0.3) is 0 Å². The molecule has 1 aromatic rings. The number of nitrogens with two attached hydrogens (primary N) is 1. The maximum absolute atomic E-state index is 12.2. The second-order valence-corrected chi connectivity index (χ2v) is 6.54. The highest BCUT2D eigenvalue weighted by Gasteiger charge is 2.22. The molecule has 20 heavy (non-hydrogen) atoms. The SMILES string of the molecule is COc1cc(N)ccc1SC(C)C(=O)NC1CCCC1. The lowest BCUT2D eigenvalue weighted by Gasteiger charge is -2.17. The average Bonchev–Trinajstić information content (AvgIpc) is 2.93. The Balaban J connectivity index is 1.96. The lowest BCUT2D eigenvalue weighted by Crippen LogP contribution is -2.37. The molecule has 1 aliphatic rings. The zero-order valence-corrected chi connectivity index (χ0v) is 12.8. The summed E-state index contributed by atoms with van der Waals surface area (Å²) in [6.07, 6.45) is 4.65. The summed E-state index contributed by atoms with van der Waals surface area (Å²) in [4.78, 5) is 13.1. The van der Waals surface area contributed by atoms with E-state index in [1.807, 2.05) is 19.1 Å². The number of rotatable bonds is 5. The van der Waals surface area contributed by atoms with Crippen LogP contribution in [-0.4, -0.2) is 24.3 Å². The monoisotopic (exact) mass is 294 g/mol. The fourth-order valence-corrected chi connectivity index (χ4v) is 3.38. The van der Waals surface area contributed by atoms with E-state index in [1.54, 1.807) is 13.2 Å². The number of carbonyl (C=O) groups is 1. The Morgan fingerprint density at radius 2 is 2.15 bits per heavy atom. The van der Waals surface area contributed by atoms with E-state index in [4.69, 9.17) is 10.5 Å². The Bertz CT molecular complexity index is 473. The molecule has 3 N–H and O–H groups in total. The lowest BCUT2D eigenvalue weighted by molar-refractivity contribution is -0.120. The topological polar surface area (TPSA) is 64.3 Å². The van der Waals surface area contributed by atoms with E-state index in [9.17, 15) is 4.79 Å². The molecule has 1 aromatic carbocycles. The molecular weight excluding hydrogens is 272 g/mol. The summed E-state index contributed by atoms with van der Waals surface area (Å²) in [5.74, 6) is 0.816. The molecule has 1 aliphatic carbocycles. The van der Waals surface area contributed by atoms with E-state index in [-0.39, 0.29) is 11.2 Å². The normalized spacial score (nSPS) is 16.9. The van der Waals surface area contributed by atoms with Crippen LogP contribution < -0.4 is 15.8 Å². The first-order chi connectivity index (χ1) is 9.60. The van der Waals surface area contributed by atoms with Crippen LogP contribution >= 0.6 is 11.8 Å². The van der Waals surface area contributed by atoms with E-state index < -0.39 is 0 Å². The predicted octanol–water partition coefficient (Wildman–Crippen LogP) is 2.82. The van der Waals surface area contributed by atoms with Crippen molar-refractivity contribution in [3.63, 3.8) is 0 Å². The van der Waals surface area contributed by atoms with Crippen LogP contribution in [0.1, 0.15) is 32.6 Å². The van der Waals surface area contributed by atoms with Crippen LogP contribution in [0.25, 0.3) is 0 Å². The molecule has 0 saturated heterocycles. The highest BCUT2D eigenvalue weighted by atomic mass is 32.2. The van der Waals surface area contributed by atoms with E-state index >= 15 is 0 Å². The van der Waals surface area contributed by atoms with Gasteiger partial charge in [-0.25, -0.2) is 0 Å². The minimum absolute atomic E-state index is 0.0979. The van der Waals surface area contributed by atoms with E-state index in [2.05, 4.69) is 5.32 Å². The number of thioether (sulfide) groups is 1. The minimum atomic E-state index is -0.145. The third-order valence-electron chi connectivity index (χ3n) is 3.56. The van der Waals surface area contributed by atoms with Crippen molar-refractivity contribution in [3.8, 4) is 5.75 Å². The smallest absolute Gasteiger partial charge is 0.233 e. The first-order valence-electron chi connectivity index (χ1n) is 7.00. The quantitative estimate of drug-likeness (QED) is 0.647. The molecule has 1 saturated carbocycles. The van der Waals surface area contributed by atoms with Gasteiger partial charge in [0, 0.05) is 17.8 Å². The number of hydrogen-bond donors (Lipinski definition) is 2. The third kappa shape index (κ3) is 3.82. The van der Waals surface area contributed by atoms with Crippen molar-refractivity contribution >= 4 is 23.4 Å². The summed E-state index contributed by atoms with van der Waals surface area (Å²) in [6.45, 7) is 1.92. The van der Waals surface area contributed by atoms with Gasteiger partial charge in [0.1, 0.15) is 5.75 Å². The number of nitrogens with one attached hydrogen (secondary N) is 1. The molecule has 4 nitrogen and oxygen atoms in total. The molecule has 0 radical (unpaired) electrons. The second kappa shape index (κ2) is 6.88. The number of nitrogen functional groups attached to an aromatic ring is 1. The van der Waals surface area contributed by atoms with Gasteiger partial charge in [0.05, 0.1) is 17.3 Å². The Hall–Kier alpha value is -1.36. The first kappa shape index (κ1) is 15.0. The highest BCUT2D eigenvalue weighted by molar-refractivity contribution is 8.00. The van der Waals surface area contributed by atoms with Gasteiger partial charge in [-0.05, 0) is 31.9 Å². The standard InChI is InChI=1S/C15H22N2O2S/c1-10(15(18)17-12-5-3-4-6-12)20-14-8-7-11(16)9-13(14)19-2/h7-10,12H,3-6,16H2,1-2H3,(H,17,18). The fourth-order valence-electron chi connectivity index (χ4n) is 2.41. The molecule has 1 amide bonds. The van der Waals surface area contributed by atoms with Crippen molar-refractivity contribution in [2.75, 3.05) is 12.8 Å². The zero-order chi connectivity index (χ0) is 14.5. The summed E-state index contributed by atoms with van der Waals surface area (Å²) in [5, 5.41) is 2.98. The van der Waals surface area contributed by atoms with Crippen molar-refractivity contribution in [2.24, 2.45) is 0 Å². The fraction of sp³-hybridized carbons (Fsp3) is 0.533. The number of ether oxygens (including phenoxy) is 1. The molecule has 0 heterocycles. The largest absolute Gasteiger partial charge is 0.496 e. The number of methoxy groups -OCH3 is 1. The summed E-state index contributed by atoms with van der Waals surface area (Å²) in [6, 6.07) is 5.87. The van der Waals surface area contributed by atoms with Gasteiger partial charge in [-0.3, -0.25) is 4.79 Å². The molecule has 1 fully saturated rings. The van der Waals surface area contributed by atoms with E-state index in [0.29, 0.717) is 11.7 Å². The van der Waals surface area contributed by atoms with Crippen molar-refractivity contribution in [1.29, 1.82) is 0 Å². The summed E-state index contributed by atoms with van der Waals surface area (Å²) >= 11 is 1.50. The zero-order valence-electron chi connectivity index (χ0n) is 12.0. The predicted molar refractivity (Wildman–Crippen MR) is 83.1 cm³/mol. The summed E-state index contributed by atoms with van der Waals surface area (Å²) in [5.41, 5.74) is 6.40. The minimum Gasteiger partial charge on any atom is -0.496 e. The number of anilines is 1. The summed E-state index contributed by atoms with van der Waals surface area (Å²) in [7, 11) is 1.61. The molecule has 1 atom stereocenters. The summed E-state index contributed by atoms with van der Waals surface area (Å²) < 4.78 is 5.31. The van der Waals surface area contributed by atoms with Crippen LogP contribution in [0, 0.1) is 0 Å². The average molecular weight is 294 g/mol. The maximum atomic E-state index is 12.2. The van der Waals surface area contributed by atoms with Crippen molar-refractivity contribution in [3.05, 3.63) is 18.2 Å². The molecule has 2 rings (SSSR count). The van der Waals surface area contributed by atoms with Crippen LogP contribution in [-0.2, 0) is 4.79 Å². The van der Waals surface area contributed by atoms with Gasteiger partial charge in [-0.2, -0.15) is 0 Å². The number of benzene rings is 1. The molecule has 110 valence electrons. The Kier molecular flexibility index (Phi) is 5.17. The van der Waals surface area contributed by atoms with Gasteiger partial charge >= 0.3 is 0 Å². The van der Waals surface area contributed by atoms with Gasteiger partial charge in [-0.15, -0.1) is 11.8 Å². The maximum Gasteiger partial charge on any atom is 0.233 e. The number of hydrogen-bond acceptors (Lipinski definition) is 4. The van der Waals surface area contributed by atoms with Gasteiger partial charge in [0.2, 0.25) is 5.91 Å². The molecule has 0 aliphatic heterocycles. The van der Waals surface area contributed by atoms with Crippen LogP contribution in [0.5, 0.6) is 5.75 Å². The molecule has 1 unspecified atom stereocenters. The first-order valence-corrected chi connectivity index (χ1v) is 7.88. The second-order valence-electron chi connectivity index (χ2n) is 5.16. The van der Waals surface area contributed by atoms with Crippen molar-refractivity contribution < 1.29 is 9.53 Å². The molecular formula is C15H22N2O2S. The van der Waals surface area contributed by atoms with Crippen molar-refractivity contribution in [1.82, 2.24) is 5.32 Å².